The molecular formula is C13H10BrN5OS. The monoisotopic (exact) mass is 363 g/mol. The van der Waals surface area contributed by atoms with E-state index in [1.54, 1.807) is 6.20 Å². The number of aromatic amines is 1. The molecule has 1 aliphatic rings. The van der Waals surface area contributed by atoms with Crippen molar-refractivity contribution < 1.29 is 4.79 Å². The molecule has 21 heavy (non-hydrogen) atoms. The molecule has 1 aromatic heterocycles. The summed E-state index contributed by atoms with van der Waals surface area (Å²) in [6.07, 6.45) is 3.17. The third-order valence-electron chi connectivity index (χ3n) is 2.76. The molecule has 2 aromatic rings. The van der Waals surface area contributed by atoms with Gasteiger partial charge in [0, 0.05) is 0 Å². The second-order valence-corrected chi connectivity index (χ2v) is 6.13. The third kappa shape index (κ3) is 3.22. The SMILES string of the molecule is O=C1NC(=NN=Cc2[nH]ncc2Br)SC1c1ccccc1. The molecule has 2 N–H and O–H groups in total. The van der Waals surface area contributed by atoms with Crippen molar-refractivity contribution in [3.8, 4) is 0 Å². The Kier molecular flexibility index (Phi) is 4.16. The van der Waals surface area contributed by atoms with Crippen LogP contribution in [0.5, 0.6) is 0 Å². The van der Waals surface area contributed by atoms with E-state index in [4.69, 9.17) is 0 Å². The number of carbonyl (C=O) groups excluding carboxylic acids is 1. The van der Waals surface area contributed by atoms with E-state index in [1.165, 1.54) is 18.0 Å². The highest BCUT2D eigenvalue weighted by molar-refractivity contribution is 9.10. The molecule has 0 saturated carbocycles. The number of nitrogens with one attached hydrogen (secondary N) is 2. The molecule has 0 radical (unpaired) electrons. The molecule has 2 heterocycles. The number of amides is 1. The van der Waals surface area contributed by atoms with Crippen molar-refractivity contribution in [1.82, 2.24) is 15.5 Å². The number of amidine groups is 1. The third-order valence-corrected chi connectivity index (χ3v) is 4.52. The Hall–Kier alpha value is -1.93. The summed E-state index contributed by atoms with van der Waals surface area (Å²) in [5.74, 6) is -0.0807. The zero-order valence-electron chi connectivity index (χ0n) is 10.7. The van der Waals surface area contributed by atoms with Crippen LogP contribution in [0, 0.1) is 0 Å². The number of thioether (sulfide) groups is 1. The summed E-state index contributed by atoms with van der Waals surface area (Å²) in [6.45, 7) is 0. The number of hydrogen-bond acceptors (Lipinski definition) is 5. The van der Waals surface area contributed by atoms with Crippen LogP contribution in [0.1, 0.15) is 16.5 Å². The summed E-state index contributed by atoms with van der Waals surface area (Å²) in [5.41, 5.74) is 1.67. The van der Waals surface area contributed by atoms with E-state index >= 15 is 0 Å². The van der Waals surface area contributed by atoms with Crippen LogP contribution < -0.4 is 5.32 Å². The molecule has 0 bridgehead atoms. The van der Waals surface area contributed by atoms with Gasteiger partial charge in [-0.25, -0.2) is 0 Å². The smallest absolute Gasteiger partial charge is 0.244 e. The zero-order valence-corrected chi connectivity index (χ0v) is 13.1. The summed E-state index contributed by atoms with van der Waals surface area (Å²) >= 11 is 4.67. The van der Waals surface area contributed by atoms with Crippen LogP contribution in [-0.2, 0) is 4.79 Å². The minimum absolute atomic E-state index is 0.0807. The molecule has 8 heteroatoms. The first-order valence-electron chi connectivity index (χ1n) is 6.06. The Labute approximate surface area is 133 Å². The van der Waals surface area contributed by atoms with Crippen molar-refractivity contribution in [3.63, 3.8) is 0 Å². The number of rotatable bonds is 3. The fourth-order valence-corrected chi connectivity index (χ4v) is 3.00. The summed E-state index contributed by atoms with van der Waals surface area (Å²) in [5, 5.41) is 17.5. The second kappa shape index (κ2) is 6.23. The van der Waals surface area contributed by atoms with Crippen LogP contribution in [0.25, 0.3) is 0 Å². The molecule has 1 aliphatic heterocycles. The van der Waals surface area contributed by atoms with E-state index < -0.39 is 0 Å². The lowest BCUT2D eigenvalue weighted by molar-refractivity contribution is -0.118. The zero-order chi connectivity index (χ0) is 14.7. The van der Waals surface area contributed by atoms with E-state index in [0.29, 0.717) is 10.9 Å². The maximum atomic E-state index is 11.9. The number of nitrogens with zero attached hydrogens (tertiary/aromatic N) is 3. The molecule has 1 aromatic carbocycles. The van der Waals surface area contributed by atoms with Crippen molar-refractivity contribution in [2.24, 2.45) is 10.2 Å². The van der Waals surface area contributed by atoms with Gasteiger partial charge in [0.2, 0.25) is 5.91 Å². The van der Waals surface area contributed by atoms with Crippen molar-refractivity contribution >= 4 is 45.0 Å². The summed E-state index contributed by atoms with van der Waals surface area (Å²) in [6, 6.07) is 9.58. The van der Waals surface area contributed by atoms with Gasteiger partial charge >= 0.3 is 0 Å². The highest BCUT2D eigenvalue weighted by atomic mass is 79.9. The minimum Gasteiger partial charge on any atom is -0.302 e. The molecule has 6 nitrogen and oxygen atoms in total. The van der Waals surface area contributed by atoms with Gasteiger partial charge in [-0.15, -0.1) is 5.10 Å². The predicted molar refractivity (Wildman–Crippen MR) is 86.2 cm³/mol. The Morgan fingerprint density at radius 2 is 2.14 bits per heavy atom. The number of benzene rings is 1. The molecule has 1 amide bonds. The Morgan fingerprint density at radius 1 is 1.33 bits per heavy atom. The fourth-order valence-electron chi connectivity index (χ4n) is 1.77. The van der Waals surface area contributed by atoms with Crippen LogP contribution in [0.15, 0.2) is 51.2 Å². The molecule has 1 atom stereocenters. The van der Waals surface area contributed by atoms with E-state index in [2.05, 4.69) is 41.6 Å². The standard InChI is InChI=1S/C13H10BrN5OS/c14-9-6-15-18-10(9)7-16-19-13-17-12(20)11(21-13)8-4-2-1-3-5-8/h1-7,11H,(H,15,18)(H,17,19,20). The van der Waals surface area contributed by atoms with E-state index in [9.17, 15) is 4.79 Å². The average Bonchev–Trinajstić information content (AvgIpc) is 3.06. The summed E-state index contributed by atoms with van der Waals surface area (Å²) < 4.78 is 0.803. The Bertz CT molecular complexity index is 712. The van der Waals surface area contributed by atoms with Gasteiger partial charge in [-0.2, -0.15) is 10.2 Å². The highest BCUT2D eigenvalue weighted by Crippen LogP contribution is 2.34. The lowest BCUT2D eigenvalue weighted by Crippen LogP contribution is -2.21. The van der Waals surface area contributed by atoms with Gasteiger partial charge in [-0.05, 0) is 21.5 Å². The minimum atomic E-state index is -0.279. The van der Waals surface area contributed by atoms with E-state index in [1.807, 2.05) is 30.3 Å². The van der Waals surface area contributed by atoms with Crippen LogP contribution >= 0.6 is 27.7 Å². The number of H-pyrrole nitrogens is 1. The van der Waals surface area contributed by atoms with Crippen LogP contribution in [0.2, 0.25) is 0 Å². The van der Waals surface area contributed by atoms with Gasteiger partial charge in [-0.1, -0.05) is 42.1 Å². The van der Waals surface area contributed by atoms with Crippen LogP contribution in [0.3, 0.4) is 0 Å². The molecule has 3 rings (SSSR count). The lowest BCUT2D eigenvalue weighted by atomic mass is 10.1. The van der Waals surface area contributed by atoms with Gasteiger partial charge in [0.1, 0.15) is 5.25 Å². The molecule has 1 saturated heterocycles. The summed E-state index contributed by atoms with van der Waals surface area (Å²) in [7, 11) is 0. The van der Waals surface area contributed by atoms with Crippen molar-refractivity contribution in [2.75, 3.05) is 0 Å². The quantitative estimate of drug-likeness (QED) is 0.648. The normalized spacial score (nSPS) is 20.3. The number of aromatic nitrogens is 2. The maximum absolute atomic E-state index is 11.9. The van der Waals surface area contributed by atoms with Crippen LogP contribution in [-0.4, -0.2) is 27.5 Å². The first kappa shape index (κ1) is 14.0. The fraction of sp³-hybridized carbons (Fsp3) is 0.0769. The van der Waals surface area contributed by atoms with Gasteiger partial charge in [-0.3, -0.25) is 9.89 Å². The van der Waals surface area contributed by atoms with E-state index in [-0.39, 0.29) is 11.2 Å². The van der Waals surface area contributed by atoms with Crippen LogP contribution in [0.4, 0.5) is 0 Å². The van der Waals surface area contributed by atoms with Gasteiger partial charge in [0.25, 0.3) is 0 Å². The number of carbonyl (C=O) groups is 1. The Balaban J connectivity index is 1.71. The largest absolute Gasteiger partial charge is 0.302 e. The molecular weight excluding hydrogens is 354 g/mol. The highest BCUT2D eigenvalue weighted by Gasteiger charge is 2.31. The summed E-state index contributed by atoms with van der Waals surface area (Å²) in [4.78, 5) is 11.9. The molecule has 1 unspecified atom stereocenters. The maximum Gasteiger partial charge on any atom is 0.244 e. The average molecular weight is 364 g/mol. The van der Waals surface area contributed by atoms with Gasteiger partial charge in [0.05, 0.1) is 22.6 Å². The predicted octanol–water partition coefficient (Wildman–Crippen LogP) is 2.47. The number of hydrogen-bond donors (Lipinski definition) is 2. The van der Waals surface area contributed by atoms with E-state index in [0.717, 1.165) is 10.0 Å². The van der Waals surface area contributed by atoms with Crippen molar-refractivity contribution in [1.29, 1.82) is 0 Å². The number of halogens is 1. The first-order chi connectivity index (χ1) is 10.2. The second-order valence-electron chi connectivity index (χ2n) is 4.18. The molecule has 106 valence electrons. The molecule has 0 aliphatic carbocycles. The van der Waals surface area contributed by atoms with Gasteiger partial charge < -0.3 is 5.32 Å². The topological polar surface area (TPSA) is 82.5 Å². The van der Waals surface area contributed by atoms with Crippen molar-refractivity contribution in [3.05, 3.63) is 52.3 Å². The lowest BCUT2D eigenvalue weighted by Gasteiger charge is -2.03. The first-order valence-corrected chi connectivity index (χ1v) is 7.73. The Morgan fingerprint density at radius 3 is 2.86 bits per heavy atom. The molecule has 0 spiro atoms. The van der Waals surface area contributed by atoms with Crippen molar-refractivity contribution in [2.45, 2.75) is 5.25 Å². The van der Waals surface area contributed by atoms with Gasteiger partial charge in [0.15, 0.2) is 5.17 Å². The molecule has 1 fully saturated rings.